The first-order valence-corrected chi connectivity index (χ1v) is 7.76. The van der Waals surface area contributed by atoms with Gasteiger partial charge in [0.05, 0.1) is 5.52 Å². The summed E-state index contributed by atoms with van der Waals surface area (Å²) in [6.45, 7) is 9.85. The first-order valence-electron chi connectivity index (χ1n) is 7.76. The first-order chi connectivity index (χ1) is 10.2. The van der Waals surface area contributed by atoms with Crippen LogP contribution in [0.15, 0.2) is 30.5 Å². The number of nitrogens with zero attached hydrogens (tertiary/aromatic N) is 2. The maximum absolute atomic E-state index is 12.3. The highest BCUT2D eigenvalue weighted by molar-refractivity contribution is 5.85. The van der Waals surface area contributed by atoms with Crippen molar-refractivity contribution in [2.75, 3.05) is 19.6 Å². The monoisotopic (exact) mass is 287 g/mol. The van der Waals surface area contributed by atoms with Crippen LogP contribution >= 0.6 is 0 Å². The number of amides is 1. The van der Waals surface area contributed by atoms with Crippen LogP contribution in [0.5, 0.6) is 0 Å². The molecule has 2 aromatic rings. The number of carbonyl (C=O) groups excluding carboxylic acids is 1. The summed E-state index contributed by atoms with van der Waals surface area (Å²) in [5.74, 6) is 0.177. The summed E-state index contributed by atoms with van der Waals surface area (Å²) < 4.78 is 2.07. The van der Waals surface area contributed by atoms with Crippen LogP contribution in [0.2, 0.25) is 0 Å². The van der Waals surface area contributed by atoms with Gasteiger partial charge in [-0.1, -0.05) is 25.1 Å². The Labute approximate surface area is 126 Å². The summed E-state index contributed by atoms with van der Waals surface area (Å²) in [4.78, 5) is 14.2. The second-order valence-electron chi connectivity index (χ2n) is 5.14. The van der Waals surface area contributed by atoms with Gasteiger partial charge in [-0.15, -0.1) is 0 Å². The number of likely N-dealkylation sites (N-methyl/N-ethyl adjacent to an activating group) is 1. The number of hydrogen-bond acceptors (Lipinski definition) is 2. The zero-order valence-corrected chi connectivity index (χ0v) is 13.2. The van der Waals surface area contributed by atoms with Crippen molar-refractivity contribution in [3.8, 4) is 0 Å². The third kappa shape index (κ3) is 3.45. The smallest absolute Gasteiger partial charge is 0.242 e. The minimum atomic E-state index is 0.177. The van der Waals surface area contributed by atoms with Crippen molar-refractivity contribution in [3.05, 3.63) is 36.0 Å². The van der Waals surface area contributed by atoms with Crippen LogP contribution in [0.4, 0.5) is 0 Å². The van der Waals surface area contributed by atoms with Gasteiger partial charge in [0.1, 0.15) is 6.54 Å². The average Bonchev–Trinajstić information content (AvgIpc) is 2.90. The highest BCUT2D eigenvalue weighted by Crippen LogP contribution is 2.20. The van der Waals surface area contributed by atoms with Crippen LogP contribution < -0.4 is 5.32 Å². The van der Waals surface area contributed by atoms with Crippen molar-refractivity contribution in [2.24, 2.45) is 0 Å². The Morgan fingerprint density at radius 3 is 2.62 bits per heavy atom. The van der Waals surface area contributed by atoms with E-state index in [2.05, 4.69) is 41.1 Å². The molecule has 0 aliphatic rings. The van der Waals surface area contributed by atoms with Gasteiger partial charge in [0.15, 0.2) is 0 Å². The summed E-state index contributed by atoms with van der Waals surface area (Å²) in [6.07, 6.45) is 2.02. The summed E-state index contributed by atoms with van der Waals surface area (Å²) in [5, 5.41) is 4.56. The molecule has 114 valence electrons. The summed E-state index contributed by atoms with van der Waals surface area (Å²) in [7, 11) is 0. The molecule has 4 nitrogen and oxygen atoms in total. The molecule has 0 atom stereocenters. The standard InChI is InChI=1S/C17H25N3O/c1-4-18-12-15-9-7-8-14-10-11-20(17(14)15)13-16(21)19(5-2)6-3/h7-11,18H,4-6,12-13H2,1-3H3. The Balaban J connectivity index is 2.29. The number of rotatable bonds is 7. The quantitative estimate of drug-likeness (QED) is 0.850. The molecule has 1 heterocycles. The van der Waals surface area contributed by atoms with Gasteiger partial charge in [0.25, 0.3) is 0 Å². The van der Waals surface area contributed by atoms with Crippen LogP contribution in [0, 0.1) is 0 Å². The van der Waals surface area contributed by atoms with E-state index in [1.165, 1.54) is 16.5 Å². The van der Waals surface area contributed by atoms with Crippen molar-refractivity contribution >= 4 is 16.8 Å². The topological polar surface area (TPSA) is 37.3 Å². The summed E-state index contributed by atoms with van der Waals surface area (Å²) in [6, 6.07) is 8.39. The molecule has 4 heteroatoms. The third-order valence-corrected chi connectivity index (χ3v) is 3.86. The molecule has 2 rings (SSSR count). The zero-order chi connectivity index (χ0) is 15.2. The fourth-order valence-electron chi connectivity index (χ4n) is 2.70. The Morgan fingerprint density at radius 1 is 1.19 bits per heavy atom. The largest absolute Gasteiger partial charge is 0.342 e. The highest BCUT2D eigenvalue weighted by atomic mass is 16.2. The molecule has 0 bridgehead atoms. The van der Waals surface area contributed by atoms with Crippen molar-refractivity contribution in [2.45, 2.75) is 33.9 Å². The molecule has 0 radical (unpaired) electrons. The molecular formula is C17H25N3O. The normalized spacial score (nSPS) is 11.0. The Morgan fingerprint density at radius 2 is 1.95 bits per heavy atom. The van der Waals surface area contributed by atoms with Crippen LogP contribution in [0.3, 0.4) is 0 Å². The maximum Gasteiger partial charge on any atom is 0.242 e. The van der Waals surface area contributed by atoms with E-state index in [4.69, 9.17) is 0 Å². The number of hydrogen-bond donors (Lipinski definition) is 1. The first kappa shape index (κ1) is 15.6. The molecule has 1 aromatic carbocycles. The van der Waals surface area contributed by atoms with Gasteiger partial charge < -0.3 is 14.8 Å². The molecule has 21 heavy (non-hydrogen) atoms. The summed E-state index contributed by atoms with van der Waals surface area (Å²) >= 11 is 0. The Hall–Kier alpha value is -1.81. The van der Waals surface area contributed by atoms with E-state index in [0.717, 1.165) is 26.2 Å². The molecule has 0 fully saturated rings. The van der Waals surface area contributed by atoms with E-state index in [1.807, 2.05) is 24.9 Å². The zero-order valence-electron chi connectivity index (χ0n) is 13.2. The Kier molecular flexibility index (Phi) is 5.39. The van der Waals surface area contributed by atoms with Gasteiger partial charge >= 0.3 is 0 Å². The second kappa shape index (κ2) is 7.27. The van der Waals surface area contributed by atoms with E-state index in [-0.39, 0.29) is 5.91 Å². The lowest BCUT2D eigenvalue weighted by Crippen LogP contribution is -2.33. The van der Waals surface area contributed by atoms with Crippen LogP contribution in [-0.2, 0) is 17.9 Å². The van der Waals surface area contributed by atoms with Crippen molar-refractivity contribution < 1.29 is 4.79 Å². The molecule has 0 unspecified atom stereocenters. The predicted molar refractivity (Wildman–Crippen MR) is 87.2 cm³/mol. The van der Waals surface area contributed by atoms with E-state index < -0.39 is 0 Å². The second-order valence-corrected chi connectivity index (χ2v) is 5.14. The van der Waals surface area contributed by atoms with Crippen molar-refractivity contribution in [3.63, 3.8) is 0 Å². The Bertz CT molecular complexity index is 599. The maximum atomic E-state index is 12.3. The minimum absolute atomic E-state index is 0.177. The molecule has 0 saturated carbocycles. The number of carbonyl (C=O) groups is 1. The molecule has 1 amide bonds. The SMILES string of the molecule is CCNCc1cccc2ccn(CC(=O)N(CC)CC)c12. The van der Waals surface area contributed by atoms with Gasteiger partial charge in [0, 0.05) is 25.8 Å². The molecule has 0 aliphatic carbocycles. The number of benzene rings is 1. The molecule has 0 spiro atoms. The van der Waals surface area contributed by atoms with Crippen LogP contribution in [-0.4, -0.2) is 35.0 Å². The van der Waals surface area contributed by atoms with E-state index in [0.29, 0.717) is 6.54 Å². The molecule has 1 aromatic heterocycles. The van der Waals surface area contributed by atoms with Crippen molar-refractivity contribution in [1.29, 1.82) is 0 Å². The molecule has 0 saturated heterocycles. The number of aromatic nitrogens is 1. The van der Waals surface area contributed by atoms with Gasteiger partial charge in [-0.2, -0.15) is 0 Å². The fourth-order valence-corrected chi connectivity index (χ4v) is 2.70. The fraction of sp³-hybridized carbons (Fsp3) is 0.471. The molecule has 0 aliphatic heterocycles. The van der Waals surface area contributed by atoms with E-state index in [1.54, 1.807) is 0 Å². The van der Waals surface area contributed by atoms with E-state index >= 15 is 0 Å². The highest BCUT2D eigenvalue weighted by Gasteiger charge is 2.13. The number of nitrogens with one attached hydrogen (secondary N) is 1. The summed E-state index contributed by atoms with van der Waals surface area (Å²) in [5.41, 5.74) is 2.41. The minimum Gasteiger partial charge on any atom is -0.342 e. The molecule has 1 N–H and O–H groups in total. The van der Waals surface area contributed by atoms with Gasteiger partial charge in [-0.3, -0.25) is 4.79 Å². The van der Waals surface area contributed by atoms with E-state index in [9.17, 15) is 4.79 Å². The third-order valence-electron chi connectivity index (χ3n) is 3.86. The lowest BCUT2D eigenvalue weighted by molar-refractivity contribution is -0.131. The predicted octanol–water partition coefficient (Wildman–Crippen LogP) is 2.62. The van der Waals surface area contributed by atoms with Gasteiger partial charge in [-0.25, -0.2) is 0 Å². The van der Waals surface area contributed by atoms with Crippen LogP contribution in [0.1, 0.15) is 26.3 Å². The van der Waals surface area contributed by atoms with Crippen LogP contribution in [0.25, 0.3) is 10.9 Å². The van der Waals surface area contributed by atoms with Gasteiger partial charge in [0.2, 0.25) is 5.91 Å². The molecular weight excluding hydrogens is 262 g/mol. The van der Waals surface area contributed by atoms with Gasteiger partial charge in [-0.05, 0) is 37.4 Å². The average molecular weight is 287 g/mol. The van der Waals surface area contributed by atoms with Crippen molar-refractivity contribution in [1.82, 2.24) is 14.8 Å². The number of fused-ring (bicyclic) bond motifs is 1. The lowest BCUT2D eigenvalue weighted by atomic mass is 10.1. The number of para-hydroxylation sites is 1. The lowest BCUT2D eigenvalue weighted by Gasteiger charge is -2.19.